The molecule has 0 radical (unpaired) electrons. The van der Waals surface area contributed by atoms with Crippen molar-refractivity contribution in [1.29, 1.82) is 0 Å². The fraction of sp³-hybridized carbons (Fsp3) is 0.522. The van der Waals surface area contributed by atoms with E-state index in [4.69, 9.17) is 0 Å². The molecule has 1 aliphatic rings. The van der Waals surface area contributed by atoms with Gasteiger partial charge in [0.1, 0.15) is 0 Å². The highest BCUT2D eigenvalue weighted by Gasteiger charge is 2.27. The molecule has 0 saturated carbocycles. The van der Waals surface area contributed by atoms with Gasteiger partial charge in [0, 0.05) is 55.2 Å². The van der Waals surface area contributed by atoms with Crippen molar-refractivity contribution in [2.24, 2.45) is 5.92 Å². The number of benzene rings is 1. The Morgan fingerprint density at radius 3 is 2.63 bits per heavy atom. The summed E-state index contributed by atoms with van der Waals surface area (Å²) in [6, 6.07) is 8.27. The summed E-state index contributed by atoms with van der Waals surface area (Å²) in [4.78, 5) is 25.2. The van der Waals surface area contributed by atoms with Gasteiger partial charge in [0.25, 0.3) is 0 Å². The van der Waals surface area contributed by atoms with Crippen LogP contribution < -0.4 is 4.90 Å². The first-order valence-electron chi connectivity index (χ1n) is 10.8. The minimum absolute atomic E-state index is 0.0226. The summed E-state index contributed by atoms with van der Waals surface area (Å²) in [5, 5.41) is 8.41. The summed E-state index contributed by atoms with van der Waals surface area (Å²) in [7, 11) is 0. The van der Waals surface area contributed by atoms with E-state index in [0.717, 1.165) is 38.1 Å². The van der Waals surface area contributed by atoms with Crippen LogP contribution in [0, 0.1) is 5.92 Å². The van der Waals surface area contributed by atoms with Gasteiger partial charge in [-0.2, -0.15) is 4.98 Å². The number of nitrogens with one attached hydrogen (secondary N) is 2. The fourth-order valence-corrected chi connectivity index (χ4v) is 4.26. The molecule has 1 aromatic carbocycles. The van der Waals surface area contributed by atoms with Gasteiger partial charge in [-0.25, -0.2) is 0 Å². The number of para-hydroxylation sites is 1. The van der Waals surface area contributed by atoms with Crippen molar-refractivity contribution < 1.29 is 4.79 Å². The van der Waals surface area contributed by atoms with Crippen LogP contribution in [-0.2, 0) is 6.42 Å². The maximum atomic E-state index is 12.8. The molecular formula is C23H32N6O. The number of fused-ring (bicyclic) bond motifs is 1. The first-order valence-corrected chi connectivity index (χ1v) is 10.8. The molecule has 1 fully saturated rings. The Balaban J connectivity index is 1.34. The molecule has 1 saturated heterocycles. The maximum absolute atomic E-state index is 12.8. The number of carbonyl (C=O) groups excluding carboxylic acids is 1. The van der Waals surface area contributed by atoms with E-state index < -0.39 is 0 Å². The quantitative estimate of drug-likeness (QED) is 0.609. The molecule has 160 valence electrons. The largest absolute Gasteiger partial charge is 0.361 e. The van der Waals surface area contributed by atoms with Gasteiger partial charge < -0.3 is 9.88 Å². The molecule has 2 N–H and O–H groups in total. The summed E-state index contributed by atoms with van der Waals surface area (Å²) in [5.74, 6) is 1.25. The molecule has 2 aromatic heterocycles. The number of aromatic amines is 2. The normalized spacial score (nSPS) is 16.9. The van der Waals surface area contributed by atoms with Crippen LogP contribution in [0.3, 0.4) is 0 Å². The van der Waals surface area contributed by atoms with Crippen LogP contribution in [-0.4, -0.2) is 62.6 Å². The third kappa shape index (κ3) is 4.41. The van der Waals surface area contributed by atoms with Crippen LogP contribution in [0.1, 0.15) is 50.3 Å². The standard InChI is InChI=1S/C23H32N6O/c1-16(13-17-15-24-19-8-6-5-7-18(17)19)14-20(30)21-25-22(27-26-21)28-9-11-29(12-10-28)23(2,3)4/h5-8,15-16,24H,9-14H2,1-4H3,(H,25,26,27). The third-order valence-corrected chi connectivity index (χ3v) is 6.03. The Hall–Kier alpha value is -2.67. The van der Waals surface area contributed by atoms with Gasteiger partial charge in [0.15, 0.2) is 11.6 Å². The van der Waals surface area contributed by atoms with Crippen LogP contribution >= 0.6 is 0 Å². The van der Waals surface area contributed by atoms with Crippen molar-refractivity contribution in [3.63, 3.8) is 0 Å². The zero-order chi connectivity index (χ0) is 21.3. The van der Waals surface area contributed by atoms with Gasteiger partial charge in [-0.15, -0.1) is 5.10 Å². The molecule has 0 amide bonds. The van der Waals surface area contributed by atoms with E-state index in [1.165, 1.54) is 10.9 Å². The van der Waals surface area contributed by atoms with Crippen molar-refractivity contribution >= 4 is 22.6 Å². The van der Waals surface area contributed by atoms with Gasteiger partial charge >= 0.3 is 0 Å². The predicted molar refractivity (Wildman–Crippen MR) is 120 cm³/mol. The molecule has 1 aliphatic heterocycles. The summed E-state index contributed by atoms with van der Waals surface area (Å²) >= 11 is 0. The van der Waals surface area contributed by atoms with E-state index in [1.54, 1.807) is 0 Å². The number of anilines is 1. The number of ketones is 1. The highest BCUT2D eigenvalue weighted by atomic mass is 16.1. The average Bonchev–Trinajstić information content (AvgIpc) is 3.35. The summed E-state index contributed by atoms with van der Waals surface area (Å²) in [5.41, 5.74) is 2.56. The molecule has 0 bridgehead atoms. The van der Waals surface area contributed by atoms with Gasteiger partial charge in [-0.1, -0.05) is 25.1 Å². The Labute approximate surface area is 177 Å². The average molecular weight is 409 g/mol. The minimum Gasteiger partial charge on any atom is -0.361 e. The smallest absolute Gasteiger partial charge is 0.245 e. The van der Waals surface area contributed by atoms with E-state index in [1.807, 2.05) is 12.1 Å². The molecule has 4 rings (SSSR count). The second kappa shape index (κ2) is 8.22. The SMILES string of the molecule is CC(CC(=O)c1nc(N2CCN(C(C)(C)C)CC2)n[nH]1)Cc1c[nH]c2ccccc12. The van der Waals surface area contributed by atoms with Gasteiger partial charge in [-0.3, -0.25) is 14.8 Å². The van der Waals surface area contributed by atoms with E-state index in [2.05, 4.69) is 76.0 Å². The minimum atomic E-state index is 0.0226. The van der Waals surface area contributed by atoms with Gasteiger partial charge in [0.05, 0.1) is 0 Å². The number of Topliss-reactive ketones (excluding diaryl/α,β-unsaturated/α-hetero) is 1. The van der Waals surface area contributed by atoms with Crippen LogP contribution in [0.2, 0.25) is 0 Å². The lowest BCUT2D eigenvalue weighted by molar-refractivity contribution is 0.0955. The number of rotatable bonds is 6. The zero-order valence-electron chi connectivity index (χ0n) is 18.4. The first kappa shape index (κ1) is 20.6. The van der Waals surface area contributed by atoms with Crippen LogP contribution in [0.25, 0.3) is 10.9 Å². The topological polar surface area (TPSA) is 80.9 Å². The molecule has 7 nitrogen and oxygen atoms in total. The lowest BCUT2D eigenvalue weighted by atomic mass is 9.95. The molecular weight excluding hydrogens is 376 g/mol. The molecule has 1 unspecified atom stereocenters. The van der Waals surface area contributed by atoms with Crippen molar-refractivity contribution in [2.45, 2.75) is 46.1 Å². The predicted octanol–water partition coefficient (Wildman–Crippen LogP) is 3.66. The number of carbonyl (C=O) groups is 1. The van der Waals surface area contributed by atoms with Crippen molar-refractivity contribution in [3.05, 3.63) is 41.9 Å². The molecule has 0 spiro atoms. The summed E-state index contributed by atoms with van der Waals surface area (Å²) < 4.78 is 0. The molecule has 1 atom stereocenters. The fourth-order valence-electron chi connectivity index (χ4n) is 4.26. The highest BCUT2D eigenvalue weighted by Crippen LogP contribution is 2.23. The van der Waals surface area contributed by atoms with Gasteiger partial charge in [-0.05, 0) is 44.7 Å². The molecule has 30 heavy (non-hydrogen) atoms. The molecule has 7 heteroatoms. The Bertz CT molecular complexity index is 1010. The Morgan fingerprint density at radius 2 is 1.90 bits per heavy atom. The second-order valence-electron chi connectivity index (χ2n) is 9.43. The molecule has 0 aliphatic carbocycles. The maximum Gasteiger partial charge on any atom is 0.245 e. The van der Waals surface area contributed by atoms with Crippen molar-refractivity contribution in [2.75, 3.05) is 31.1 Å². The zero-order valence-corrected chi connectivity index (χ0v) is 18.4. The van der Waals surface area contributed by atoms with Crippen molar-refractivity contribution in [1.82, 2.24) is 25.1 Å². The molecule has 3 aromatic rings. The number of aromatic nitrogens is 4. The lowest BCUT2D eigenvalue weighted by Gasteiger charge is -2.41. The first-order chi connectivity index (χ1) is 14.3. The number of hydrogen-bond donors (Lipinski definition) is 2. The number of piperazine rings is 1. The Kier molecular flexibility index (Phi) is 5.64. The van der Waals surface area contributed by atoms with Crippen LogP contribution in [0.15, 0.2) is 30.5 Å². The van der Waals surface area contributed by atoms with Gasteiger partial charge in [0.2, 0.25) is 5.95 Å². The third-order valence-electron chi connectivity index (χ3n) is 6.03. The van der Waals surface area contributed by atoms with Crippen LogP contribution in [0.5, 0.6) is 0 Å². The number of H-pyrrole nitrogens is 2. The van der Waals surface area contributed by atoms with Crippen LogP contribution in [0.4, 0.5) is 5.95 Å². The van der Waals surface area contributed by atoms with E-state index >= 15 is 0 Å². The van der Waals surface area contributed by atoms with E-state index in [-0.39, 0.29) is 17.2 Å². The summed E-state index contributed by atoms with van der Waals surface area (Å²) in [6.07, 6.45) is 3.35. The number of hydrogen-bond acceptors (Lipinski definition) is 5. The van der Waals surface area contributed by atoms with Crippen molar-refractivity contribution in [3.8, 4) is 0 Å². The monoisotopic (exact) mass is 408 g/mol. The summed E-state index contributed by atoms with van der Waals surface area (Å²) in [6.45, 7) is 12.5. The lowest BCUT2D eigenvalue weighted by Crippen LogP contribution is -2.53. The number of nitrogens with zero attached hydrogens (tertiary/aromatic N) is 4. The van der Waals surface area contributed by atoms with E-state index in [9.17, 15) is 4.79 Å². The second-order valence-corrected chi connectivity index (χ2v) is 9.43. The Morgan fingerprint density at radius 1 is 1.17 bits per heavy atom. The van der Waals surface area contributed by atoms with E-state index in [0.29, 0.717) is 18.2 Å². The highest BCUT2D eigenvalue weighted by molar-refractivity contribution is 5.93. The molecule has 3 heterocycles.